The molecule has 0 aliphatic heterocycles. The first-order chi connectivity index (χ1) is 12.1. The minimum atomic E-state index is -1.07. The van der Waals surface area contributed by atoms with Gasteiger partial charge in [0.05, 0.1) is 11.4 Å². The van der Waals surface area contributed by atoms with E-state index in [0.717, 1.165) is 10.4 Å². The van der Waals surface area contributed by atoms with Gasteiger partial charge in [0.1, 0.15) is 0 Å². The van der Waals surface area contributed by atoms with Gasteiger partial charge >= 0.3 is 11.9 Å². The van der Waals surface area contributed by atoms with Crippen LogP contribution >= 0.6 is 0 Å². The van der Waals surface area contributed by atoms with Gasteiger partial charge in [-0.25, -0.2) is 14.3 Å². The summed E-state index contributed by atoms with van der Waals surface area (Å²) >= 11 is 0. The second-order valence-corrected chi connectivity index (χ2v) is 5.38. The Morgan fingerprint density at radius 1 is 1.00 bits per heavy atom. The quantitative estimate of drug-likeness (QED) is 0.788. The lowest BCUT2D eigenvalue weighted by Gasteiger charge is -2.08. The summed E-state index contributed by atoms with van der Waals surface area (Å²) in [5, 5.41) is 28.4. The number of carboxylic acids is 2. The highest BCUT2D eigenvalue weighted by atomic mass is 16.5. The average molecular weight is 364 g/mol. The van der Waals surface area contributed by atoms with Gasteiger partial charge in [-0.2, -0.15) is 10.2 Å². The molecule has 0 saturated carbocycles. The number of carboxylic acid groups (broad SMARTS) is 2. The molecule has 2 atom stereocenters. The van der Waals surface area contributed by atoms with Gasteiger partial charge in [-0.3, -0.25) is 4.79 Å². The fourth-order valence-electron chi connectivity index (χ4n) is 1.58. The predicted molar refractivity (Wildman–Crippen MR) is 90.1 cm³/mol. The molecule has 0 spiro atoms. The Morgan fingerprint density at radius 3 is 2.12 bits per heavy atom. The summed E-state index contributed by atoms with van der Waals surface area (Å²) in [5.74, 6) is -1.87. The summed E-state index contributed by atoms with van der Waals surface area (Å²) in [6.45, 7) is 6.34. The van der Waals surface area contributed by atoms with Gasteiger partial charge in [-0.1, -0.05) is 0 Å². The maximum absolute atomic E-state index is 11.2. The van der Waals surface area contributed by atoms with Crippen LogP contribution in [0.3, 0.4) is 0 Å². The van der Waals surface area contributed by atoms with Gasteiger partial charge in [0.25, 0.3) is 5.56 Å². The Balaban J connectivity index is 0.000000260. The minimum Gasteiger partial charge on any atom is -0.480 e. The first kappa shape index (κ1) is 20.7. The number of carbonyl (C=O) groups is 2. The number of nitrogens with zero attached hydrogens (tertiary/aromatic N) is 4. The smallest absolute Gasteiger partial charge is 0.344 e. The lowest BCUT2D eigenvalue weighted by Crippen LogP contribution is -2.29. The molecule has 2 heterocycles. The lowest BCUT2D eigenvalue weighted by molar-refractivity contribution is -0.144. The standard InChI is InChI=1S/2C8H10N2O3/c1-5-3-4-7(10-9-5)13-6(2)8(11)12;1-5-3-4-7(11)10(9-5)6(2)8(12)13/h3-4,6H,1-2H3,(H,11,12);3-4,6H,1-2H3,(H,12,13). The molecule has 2 aromatic heterocycles. The van der Waals surface area contributed by atoms with Crippen LogP contribution in [0, 0.1) is 13.8 Å². The zero-order valence-electron chi connectivity index (χ0n) is 14.8. The van der Waals surface area contributed by atoms with Crippen LogP contribution in [0.5, 0.6) is 5.88 Å². The zero-order valence-corrected chi connectivity index (χ0v) is 14.8. The Morgan fingerprint density at radius 2 is 1.62 bits per heavy atom. The van der Waals surface area contributed by atoms with Crippen molar-refractivity contribution in [2.75, 3.05) is 0 Å². The maximum Gasteiger partial charge on any atom is 0.344 e. The molecule has 0 amide bonds. The number of hydrogen-bond acceptors (Lipinski definition) is 7. The summed E-state index contributed by atoms with van der Waals surface area (Å²) < 4.78 is 5.91. The van der Waals surface area contributed by atoms with Crippen molar-refractivity contribution in [1.82, 2.24) is 20.0 Å². The first-order valence-corrected chi connectivity index (χ1v) is 7.61. The van der Waals surface area contributed by atoms with Gasteiger partial charge < -0.3 is 14.9 Å². The van der Waals surface area contributed by atoms with E-state index < -0.39 is 29.6 Å². The largest absolute Gasteiger partial charge is 0.480 e. The van der Waals surface area contributed by atoms with Crippen LogP contribution < -0.4 is 10.3 Å². The zero-order chi connectivity index (χ0) is 19.9. The van der Waals surface area contributed by atoms with Crippen molar-refractivity contribution in [3.8, 4) is 5.88 Å². The Labute approximate surface area is 149 Å². The molecule has 26 heavy (non-hydrogen) atoms. The van der Waals surface area contributed by atoms with Crippen molar-refractivity contribution in [1.29, 1.82) is 0 Å². The SMILES string of the molecule is Cc1ccc(=O)n(C(C)C(=O)O)n1.Cc1ccc(OC(C)C(=O)O)nn1. The van der Waals surface area contributed by atoms with Crippen LogP contribution in [0.4, 0.5) is 0 Å². The molecule has 2 unspecified atom stereocenters. The first-order valence-electron chi connectivity index (χ1n) is 7.61. The van der Waals surface area contributed by atoms with Crippen molar-refractivity contribution in [2.45, 2.75) is 39.8 Å². The fourth-order valence-corrected chi connectivity index (χ4v) is 1.58. The van der Waals surface area contributed by atoms with Gasteiger partial charge in [0.2, 0.25) is 5.88 Å². The van der Waals surface area contributed by atoms with Crippen LogP contribution in [0.2, 0.25) is 0 Å². The third kappa shape index (κ3) is 6.30. The molecule has 0 bridgehead atoms. The summed E-state index contributed by atoms with van der Waals surface area (Å²) in [4.78, 5) is 32.1. The number of rotatable bonds is 5. The van der Waals surface area contributed by atoms with E-state index in [2.05, 4.69) is 15.3 Å². The normalized spacial score (nSPS) is 12.3. The molecular formula is C16H20N4O6. The number of hydrogen-bond donors (Lipinski definition) is 2. The molecule has 0 radical (unpaired) electrons. The van der Waals surface area contributed by atoms with Crippen LogP contribution in [0.25, 0.3) is 0 Å². The molecule has 10 heteroatoms. The number of aryl methyl sites for hydroxylation is 2. The van der Waals surface area contributed by atoms with E-state index in [1.807, 2.05) is 0 Å². The molecule has 0 fully saturated rings. The Kier molecular flexibility index (Phi) is 7.38. The highest BCUT2D eigenvalue weighted by molar-refractivity contribution is 5.72. The monoisotopic (exact) mass is 364 g/mol. The molecule has 0 aromatic carbocycles. The van der Waals surface area contributed by atoms with Crippen LogP contribution in [-0.2, 0) is 9.59 Å². The van der Waals surface area contributed by atoms with Crippen molar-refractivity contribution in [3.05, 3.63) is 46.0 Å². The number of ether oxygens (including phenoxy) is 1. The Hall–Kier alpha value is -3.30. The topological polar surface area (TPSA) is 144 Å². The molecule has 10 nitrogen and oxygen atoms in total. The van der Waals surface area contributed by atoms with Crippen molar-refractivity contribution >= 4 is 11.9 Å². The van der Waals surface area contributed by atoms with Gasteiger partial charge in [-0.15, -0.1) is 5.10 Å². The van der Waals surface area contributed by atoms with E-state index in [4.69, 9.17) is 14.9 Å². The summed E-state index contributed by atoms with van der Waals surface area (Å²) in [6.07, 6.45) is -0.906. The lowest BCUT2D eigenvalue weighted by atomic mass is 10.3. The van der Waals surface area contributed by atoms with Gasteiger partial charge in [0.15, 0.2) is 12.1 Å². The molecule has 0 aliphatic rings. The van der Waals surface area contributed by atoms with E-state index in [1.54, 1.807) is 32.0 Å². The highest BCUT2D eigenvalue weighted by Gasteiger charge is 2.15. The maximum atomic E-state index is 11.2. The average Bonchev–Trinajstić information content (AvgIpc) is 2.58. The predicted octanol–water partition coefficient (Wildman–Crippen LogP) is 0.834. The van der Waals surface area contributed by atoms with Crippen molar-refractivity contribution in [2.24, 2.45) is 0 Å². The Bertz CT molecular complexity index is 818. The molecular weight excluding hydrogens is 344 g/mol. The van der Waals surface area contributed by atoms with E-state index in [-0.39, 0.29) is 5.88 Å². The summed E-state index contributed by atoms with van der Waals surface area (Å²) in [7, 11) is 0. The molecule has 2 rings (SSSR count). The van der Waals surface area contributed by atoms with Crippen LogP contribution in [-0.4, -0.2) is 48.2 Å². The molecule has 140 valence electrons. The van der Waals surface area contributed by atoms with Gasteiger partial charge in [-0.05, 0) is 39.8 Å². The van der Waals surface area contributed by atoms with Crippen molar-refractivity contribution in [3.63, 3.8) is 0 Å². The van der Waals surface area contributed by atoms with E-state index in [1.165, 1.54) is 19.9 Å². The molecule has 0 aliphatic carbocycles. The third-order valence-corrected chi connectivity index (χ3v) is 3.10. The van der Waals surface area contributed by atoms with Crippen LogP contribution in [0.1, 0.15) is 31.3 Å². The van der Waals surface area contributed by atoms with Crippen LogP contribution in [0.15, 0.2) is 29.1 Å². The minimum absolute atomic E-state index is 0.223. The summed E-state index contributed by atoms with van der Waals surface area (Å²) in [5.41, 5.74) is 0.975. The number of aromatic nitrogens is 4. The summed E-state index contributed by atoms with van der Waals surface area (Å²) in [6, 6.07) is 5.22. The molecule has 0 saturated heterocycles. The fraction of sp³-hybridized carbons (Fsp3) is 0.375. The second kappa shape index (κ2) is 9.25. The second-order valence-electron chi connectivity index (χ2n) is 5.38. The molecule has 2 N–H and O–H groups in total. The van der Waals surface area contributed by atoms with Gasteiger partial charge in [0, 0.05) is 12.1 Å². The van der Waals surface area contributed by atoms with E-state index >= 15 is 0 Å². The number of aliphatic carboxylic acids is 2. The van der Waals surface area contributed by atoms with E-state index in [9.17, 15) is 14.4 Å². The molecule has 2 aromatic rings. The highest BCUT2D eigenvalue weighted by Crippen LogP contribution is 2.06. The third-order valence-electron chi connectivity index (χ3n) is 3.10. The van der Waals surface area contributed by atoms with Crippen molar-refractivity contribution < 1.29 is 24.5 Å². The van der Waals surface area contributed by atoms with E-state index in [0.29, 0.717) is 5.69 Å².